The summed E-state index contributed by atoms with van der Waals surface area (Å²) in [5.74, 6) is 1.54. The van der Waals surface area contributed by atoms with E-state index >= 15 is 0 Å². The minimum absolute atomic E-state index is 0. The van der Waals surface area contributed by atoms with Gasteiger partial charge >= 0.3 is 0 Å². The van der Waals surface area contributed by atoms with Crippen molar-refractivity contribution in [1.29, 1.82) is 0 Å². The van der Waals surface area contributed by atoms with Crippen molar-refractivity contribution in [2.75, 3.05) is 26.2 Å². The number of hydrogen-bond donors (Lipinski definition) is 1. The van der Waals surface area contributed by atoms with Crippen LogP contribution < -0.4 is 5.73 Å². The van der Waals surface area contributed by atoms with Gasteiger partial charge in [-0.2, -0.15) is 0 Å². The molecule has 0 aromatic carbocycles. The largest absolute Gasteiger partial charge is 0.467 e. The van der Waals surface area contributed by atoms with Crippen molar-refractivity contribution in [2.45, 2.75) is 32.3 Å². The molecule has 0 amide bonds. The van der Waals surface area contributed by atoms with Crippen LogP contribution in [-0.2, 0) is 11.3 Å². The van der Waals surface area contributed by atoms with Gasteiger partial charge in [0.05, 0.1) is 6.26 Å². The zero-order valence-electron chi connectivity index (χ0n) is 11.8. The number of likely N-dealkylation sites (tertiary alicyclic amines) is 1. The number of rotatable bonds is 6. The van der Waals surface area contributed by atoms with Crippen molar-refractivity contribution in [3.63, 3.8) is 0 Å². The van der Waals surface area contributed by atoms with Crippen LogP contribution in [0.4, 0.5) is 0 Å². The quantitative estimate of drug-likeness (QED) is 0.349. The Labute approximate surface area is 137 Å². The summed E-state index contributed by atoms with van der Waals surface area (Å²) in [6.45, 7) is 4.02. The number of hydrogen-bond acceptors (Lipinski definition) is 3. The van der Waals surface area contributed by atoms with Crippen LogP contribution in [0.1, 0.15) is 31.4 Å². The molecule has 20 heavy (non-hydrogen) atoms. The number of ether oxygens (including phenoxy) is 1. The molecule has 1 aromatic heterocycles. The van der Waals surface area contributed by atoms with Gasteiger partial charge in [-0.1, -0.05) is 0 Å². The molecule has 1 saturated heterocycles. The SMILES string of the molecule is I.NC(=NCCCOCc1ccco1)N1CCCCC1. The first-order chi connectivity index (χ1) is 9.36. The van der Waals surface area contributed by atoms with Gasteiger partial charge in [0.2, 0.25) is 0 Å². The lowest BCUT2D eigenvalue weighted by molar-refractivity contribution is 0.105. The Bertz CT molecular complexity index is 376. The highest BCUT2D eigenvalue weighted by Crippen LogP contribution is 2.08. The Morgan fingerprint density at radius 1 is 1.35 bits per heavy atom. The summed E-state index contributed by atoms with van der Waals surface area (Å²) in [4.78, 5) is 6.57. The molecule has 2 rings (SSSR count). The van der Waals surface area contributed by atoms with Crippen molar-refractivity contribution < 1.29 is 9.15 Å². The summed E-state index contributed by atoms with van der Waals surface area (Å²) < 4.78 is 10.7. The smallest absolute Gasteiger partial charge is 0.191 e. The lowest BCUT2D eigenvalue weighted by atomic mass is 10.1. The highest BCUT2D eigenvalue weighted by Gasteiger charge is 2.11. The fourth-order valence-electron chi connectivity index (χ4n) is 2.15. The average Bonchev–Trinajstić information content (AvgIpc) is 2.96. The van der Waals surface area contributed by atoms with E-state index < -0.39 is 0 Å². The van der Waals surface area contributed by atoms with Crippen molar-refractivity contribution in [3.8, 4) is 0 Å². The Morgan fingerprint density at radius 3 is 2.85 bits per heavy atom. The molecule has 0 radical (unpaired) electrons. The summed E-state index contributed by atoms with van der Waals surface area (Å²) in [5.41, 5.74) is 5.96. The fourth-order valence-corrected chi connectivity index (χ4v) is 2.15. The first kappa shape index (κ1) is 17.3. The molecular formula is C14H24IN3O2. The lowest BCUT2D eigenvalue weighted by Gasteiger charge is -2.27. The molecule has 114 valence electrons. The molecule has 5 nitrogen and oxygen atoms in total. The second-order valence-corrected chi connectivity index (χ2v) is 4.77. The van der Waals surface area contributed by atoms with Gasteiger partial charge in [-0.15, -0.1) is 24.0 Å². The summed E-state index contributed by atoms with van der Waals surface area (Å²) in [7, 11) is 0. The predicted octanol–water partition coefficient (Wildman–Crippen LogP) is 2.60. The van der Waals surface area contributed by atoms with Crippen LogP contribution in [0, 0.1) is 0 Å². The van der Waals surface area contributed by atoms with E-state index in [4.69, 9.17) is 14.9 Å². The van der Waals surface area contributed by atoms with Crippen LogP contribution in [0.15, 0.2) is 27.8 Å². The van der Waals surface area contributed by atoms with E-state index in [2.05, 4.69) is 9.89 Å². The molecule has 1 fully saturated rings. The van der Waals surface area contributed by atoms with Gasteiger partial charge in [0, 0.05) is 26.2 Å². The topological polar surface area (TPSA) is 64.0 Å². The number of nitrogens with zero attached hydrogens (tertiary/aromatic N) is 2. The third-order valence-corrected chi connectivity index (χ3v) is 3.23. The van der Waals surface area contributed by atoms with Crippen LogP contribution in [-0.4, -0.2) is 37.1 Å². The first-order valence-electron chi connectivity index (χ1n) is 7.01. The van der Waals surface area contributed by atoms with Crippen molar-refractivity contribution in [3.05, 3.63) is 24.2 Å². The summed E-state index contributed by atoms with van der Waals surface area (Å²) >= 11 is 0. The minimum atomic E-state index is 0. The molecule has 6 heteroatoms. The molecule has 0 spiro atoms. The molecule has 2 N–H and O–H groups in total. The summed E-state index contributed by atoms with van der Waals surface area (Å²) in [5, 5.41) is 0. The van der Waals surface area contributed by atoms with Gasteiger partial charge in [-0.05, 0) is 37.8 Å². The number of guanidine groups is 1. The molecule has 0 unspecified atom stereocenters. The van der Waals surface area contributed by atoms with Crippen molar-refractivity contribution >= 4 is 29.9 Å². The highest BCUT2D eigenvalue weighted by atomic mass is 127. The van der Waals surface area contributed by atoms with Gasteiger partial charge in [0.25, 0.3) is 0 Å². The third kappa shape index (κ3) is 6.13. The molecule has 1 aromatic rings. The molecule has 0 saturated carbocycles. The Balaban J connectivity index is 0.00000200. The molecule has 0 bridgehead atoms. The first-order valence-corrected chi connectivity index (χ1v) is 7.01. The van der Waals surface area contributed by atoms with E-state index in [1.165, 1.54) is 19.3 Å². The van der Waals surface area contributed by atoms with E-state index in [1.807, 2.05) is 12.1 Å². The lowest BCUT2D eigenvalue weighted by Crippen LogP contribution is -2.40. The average molecular weight is 393 g/mol. The predicted molar refractivity (Wildman–Crippen MR) is 90.3 cm³/mol. The van der Waals surface area contributed by atoms with Crippen molar-refractivity contribution in [2.24, 2.45) is 10.7 Å². The standard InChI is InChI=1S/C14H23N3O2.HI/c15-14(17-8-2-1-3-9-17)16-7-5-10-18-12-13-6-4-11-19-13;/h4,6,11H,1-3,5,7-10,12H2,(H2,15,16);1H. The fraction of sp³-hybridized carbons (Fsp3) is 0.643. The van der Waals surface area contributed by atoms with Crippen LogP contribution in [0.3, 0.4) is 0 Å². The van der Waals surface area contributed by atoms with Crippen molar-refractivity contribution in [1.82, 2.24) is 4.90 Å². The molecule has 2 heterocycles. The van der Waals surface area contributed by atoms with Gasteiger partial charge in [0.15, 0.2) is 5.96 Å². The maximum atomic E-state index is 5.96. The van der Waals surface area contributed by atoms with Crippen LogP contribution in [0.5, 0.6) is 0 Å². The van der Waals surface area contributed by atoms with E-state index in [0.29, 0.717) is 19.2 Å². The Morgan fingerprint density at radius 2 is 2.15 bits per heavy atom. The number of furan rings is 1. The molecular weight excluding hydrogens is 369 g/mol. The van der Waals surface area contributed by atoms with Crippen LogP contribution >= 0.6 is 24.0 Å². The number of halogens is 1. The number of piperidine rings is 1. The van der Waals surface area contributed by atoms with E-state index in [0.717, 1.165) is 31.8 Å². The van der Waals surface area contributed by atoms with Gasteiger partial charge in [-0.25, -0.2) is 0 Å². The summed E-state index contributed by atoms with van der Waals surface area (Å²) in [6.07, 6.45) is 6.30. The molecule has 1 aliphatic heterocycles. The maximum absolute atomic E-state index is 5.96. The molecule has 1 aliphatic rings. The minimum Gasteiger partial charge on any atom is -0.467 e. The van der Waals surface area contributed by atoms with E-state index in [-0.39, 0.29) is 24.0 Å². The number of aliphatic imine (C=N–C) groups is 1. The molecule has 0 atom stereocenters. The van der Waals surface area contributed by atoms with Gasteiger partial charge in [-0.3, -0.25) is 4.99 Å². The normalized spacial score (nSPS) is 16.0. The van der Waals surface area contributed by atoms with Gasteiger partial charge < -0.3 is 19.8 Å². The van der Waals surface area contributed by atoms with E-state index in [1.54, 1.807) is 6.26 Å². The van der Waals surface area contributed by atoms with Gasteiger partial charge in [0.1, 0.15) is 12.4 Å². The molecule has 0 aliphatic carbocycles. The zero-order valence-corrected chi connectivity index (χ0v) is 14.1. The monoisotopic (exact) mass is 393 g/mol. The summed E-state index contributed by atoms with van der Waals surface area (Å²) in [6, 6.07) is 3.77. The Hall–Kier alpha value is -0.760. The van der Waals surface area contributed by atoms with Crippen LogP contribution in [0.25, 0.3) is 0 Å². The number of nitrogens with two attached hydrogens (primary N) is 1. The van der Waals surface area contributed by atoms with E-state index in [9.17, 15) is 0 Å². The maximum Gasteiger partial charge on any atom is 0.191 e. The van der Waals surface area contributed by atoms with Crippen LogP contribution in [0.2, 0.25) is 0 Å². The second kappa shape index (κ2) is 10.0. The second-order valence-electron chi connectivity index (χ2n) is 4.77. The Kier molecular flexibility index (Phi) is 8.68. The highest BCUT2D eigenvalue weighted by molar-refractivity contribution is 14.0. The third-order valence-electron chi connectivity index (χ3n) is 3.23. The zero-order chi connectivity index (χ0) is 13.3.